The molecule has 6 rings (SSSR count). The second-order valence-electron chi connectivity index (χ2n) is 8.85. The van der Waals surface area contributed by atoms with Gasteiger partial charge in [0.25, 0.3) is 0 Å². The third-order valence-corrected chi connectivity index (χ3v) is 6.55. The molecule has 1 aromatic heterocycles. The maximum absolute atomic E-state index is 6.53. The highest BCUT2D eigenvalue weighted by atomic mass is 16.5. The van der Waals surface area contributed by atoms with Crippen LogP contribution in [-0.2, 0) is 6.61 Å². The topological polar surface area (TPSA) is 43.4 Å². The zero-order valence-corrected chi connectivity index (χ0v) is 20.5. The molecule has 0 aliphatic heterocycles. The van der Waals surface area contributed by atoms with Gasteiger partial charge in [0, 0.05) is 23.0 Å². The van der Waals surface area contributed by atoms with Gasteiger partial charge in [0.1, 0.15) is 23.9 Å². The first-order valence-corrected chi connectivity index (χ1v) is 12.3. The molecule has 6 aromatic rings. The highest BCUT2D eigenvalue weighted by Crippen LogP contribution is 2.45. The Labute approximate surface area is 216 Å². The van der Waals surface area contributed by atoms with Crippen molar-refractivity contribution in [2.75, 3.05) is 12.4 Å². The number of nitrogens with one attached hydrogen (secondary N) is 1. The van der Waals surface area contributed by atoms with Crippen LogP contribution >= 0.6 is 0 Å². The first kappa shape index (κ1) is 22.6. The maximum atomic E-state index is 6.53. The van der Waals surface area contributed by atoms with Gasteiger partial charge < -0.3 is 14.8 Å². The van der Waals surface area contributed by atoms with Gasteiger partial charge in [0.05, 0.1) is 7.11 Å². The number of methoxy groups -OCH3 is 1. The van der Waals surface area contributed by atoms with Crippen molar-refractivity contribution in [3.63, 3.8) is 0 Å². The summed E-state index contributed by atoms with van der Waals surface area (Å²) in [5, 5.41) is 8.17. The first-order chi connectivity index (χ1) is 18.3. The van der Waals surface area contributed by atoms with E-state index in [9.17, 15) is 0 Å². The number of hydrogen-bond acceptors (Lipinski definition) is 4. The van der Waals surface area contributed by atoms with E-state index in [0.717, 1.165) is 61.2 Å². The van der Waals surface area contributed by atoms with Gasteiger partial charge in [-0.2, -0.15) is 0 Å². The lowest BCUT2D eigenvalue weighted by Crippen LogP contribution is -2.01. The van der Waals surface area contributed by atoms with E-state index in [2.05, 4.69) is 83.1 Å². The highest BCUT2D eigenvalue weighted by Gasteiger charge is 2.18. The Bertz CT molecular complexity index is 1680. The largest absolute Gasteiger partial charge is 0.497 e. The van der Waals surface area contributed by atoms with Gasteiger partial charge in [-0.3, -0.25) is 0 Å². The Kier molecular flexibility index (Phi) is 6.14. The first-order valence-electron chi connectivity index (χ1n) is 12.3. The molecule has 0 spiro atoms. The van der Waals surface area contributed by atoms with E-state index >= 15 is 0 Å². The molecule has 1 N–H and O–H groups in total. The summed E-state index contributed by atoms with van der Waals surface area (Å²) in [5.74, 6) is 2.45. The number of hydrogen-bond donors (Lipinski definition) is 1. The van der Waals surface area contributed by atoms with Crippen LogP contribution in [0.1, 0.15) is 5.56 Å². The molecule has 5 aromatic carbocycles. The van der Waals surface area contributed by atoms with Crippen LogP contribution in [0.25, 0.3) is 32.7 Å². The van der Waals surface area contributed by atoms with Crippen molar-refractivity contribution in [2.24, 2.45) is 0 Å². The van der Waals surface area contributed by atoms with Crippen LogP contribution in [0.4, 0.5) is 11.5 Å². The standard InChI is InChI=1S/C33H26N2O2/c1-36-26-17-13-23(14-18-26)22-37-30-20-16-25-9-3-5-11-28(25)33(30)32-27-10-4-2-8-24(27)15-19-29(32)35-31-12-6-7-21-34-31/h2-21H,22H2,1H3,(H,34,35). The van der Waals surface area contributed by atoms with Gasteiger partial charge in [-0.25, -0.2) is 4.98 Å². The molecule has 180 valence electrons. The Morgan fingerprint density at radius 1 is 0.649 bits per heavy atom. The Hall–Kier alpha value is -4.83. The van der Waals surface area contributed by atoms with Crippen molar-refractivity contribution >= 4 is 33.1 Å². The van der Waals surface area contributed by atoms with Crippen LogP contribution in [0.5, 0.6) is 11.5 Å². The lowest BCUT2D eigenvalue weighted by molar-refractivity contribution is 0.307. The molecule has 0 atom stereocenters. The molecule has 4 nitrogen and oxygen atoms in total. The van der Waals surface area contributed by atoms with E-state index in [-0.39, 0.29) is 0 Å². The molecule has 0 radical (unpaired) electrons. The Morgan fingerprint density at radius 2 is 1.32 bits per heavy atom. The molecule has 0 aliphatic carbocycles. The molecule has 0 aliphatic rings. The summed E-state index contributed by atoms with van der Waals surface area (Å²) in [6.45, 7) is 0.448. The lowest BCUT2D eigenvalue weighted by Gasteiger charge is -2.20. The number of rotatable bonds is 7. The summed E-state index contributed by atoms with van der Waals surface area (Å²) in [6, 6.07) is 39.3. The summed E-state index contributed by atoms with van der Waals surface area (Å²) < 4.78 is 11.8. The minimum Gasteiger partial charge on any atom is -0.497 e. The van der Waals surface area contributed by atoms with Crippen molar-refractivity contribution in [3.8, 4) is 22.6 Å². The Balaban J connectivity index is 1.54. The van der Waals surface area contributed by atoms with Crippen LogP contribution < -0.4 is 14.8 Å². The number of benzene rings is 5. The summed E-state index contributed by atoms with van der Waals surface area (Å²) >= 11 is 0. The average molecular weight is 483 g/mol. The van der Waals surface area contributed by atoms with E-state index in [0.29, 0.717) is 6.61 Å². The number of pyridine rings is 1. The van der Waals surface area contributed by atoms with Gasteiger partial charge in [0.2, 0.25) is 0 Å². The van der Waals surface area contributed by atoms with Crippen LogP contribution in [0.15, 0.2) is 121 Å². The summed E-state index contributed by atoms with van der Waals surface area (Å²) in [6.07, 6.45) is 1.80. The molecular weight excluding hydrogens is 456 g/mol. The van der Waals surface area contributed by atoms with Crippen LogP contribution in [0, 0.1) is 0 Å². The second kappa shape index (κ2) is 10.0. The SMILES string of the molecule is COc1ccc(COc2ccc3ccccc3c2-c2c(Nc3ccccn3)ccc3ccccc23)cc1. The molecule has 0 unspecified atom stereocenters. The Morgan fingerprint density at radius 3 is 2.03 bits per heavy atom. The molecular formula is C33H26N2O2. The highest BCUT2D eigenvalue weighted by molar-refractivity contribution is 6.12. The molecule has 0 amide bonds. The third kappa shape index (κ3) is 4.57. The fourth-order valence-corrected chi connectivity index (χ4v) is 4.73. The summed E-state index contributed by atoms with van der Waals surface area (Å²) in [5.41, 5.74) is 4.19. The summed E-state index contributed by atoms with van der Waals surface area (Å²) in [4.78, 5) is 4.51. The van der Waals surface area contributed by atoms with E-state index in [1.807, 2.05) is 42.5 Å². The van der Waals surface area contributed by atoms with Crippen molar-refractivity contribution in [3.05, 3.63) is 127 Å². The van der Waals surface area contributed by atoms with E-state index in [1.165, 1.54) is 0 Å². The number of nitrogens with zero attached hydrogens (tertiary/aromatic N) is 1. The fraction of sp³-hybridized carbons (Fsp3) is 0.0606. The van der Waals surface area contributed by atoms with Crippen LogP contribution in [0.2, 0.25) is 0 Å². The summed E-state index contributed by atoms with van der Waals surface area (Å²) in [7, 11) is 1.67. The number of aromatic nitrogens is 1. The lowest BCUT2D eigenvalue weighted by atomic mass is 9.91. The second-order valence-corrected chi connectivity index (χ2v) is 8.85. The molecule has 0 saturated heterocycles. The molecule has 1 heterocycles. The fourth-order valence-electron chi connectivity index (χ4n) is 4.73. The van der Waals surface area contributed by atoms with Gasteiger partial charge in [-0.05, 0) is 63.5 Å². The van der Waals surface area contributed by atoms with E-state index in [4.69, 9.17) is 9.47 Å². The minimum atomic E-state index is 0.448. The van der Waals surface area contributed by atoms with Crippen molar-refractivity contribution in [1.29, 1.82) is 0 Å². The van der Waals surface area contributed by atoms with Crippen molar-refractivity contribution in [1.82, 2.24) is 4.98 Å². The van der Waals surface area contributed by atoms with Gasteiger partial charge in [-0.1, -0.05) is 78.9 Å². The van der Waals surface area contributed by atoms with E-state index in [1.54, 1.807) is 13.3 Å². The third-order valence-electron chi connectivity index (χ3n) is 6.55. The smallest absolute Gasteiger partial charge is 0.130 e. The monoisotopic (exact) mass is 482 g/mol. The average Bonchev–Trinajstić information content (AvgIpc) is 2.97. The maximum Gasteiger partial charge on any atom is 0.130 e. The van der Waals surface area contributed by atoms with Gasteiger partial charge in [0.15, 0.2) is 0 Å². The minimum absolute atomic E-state index is 0.448. The normalized spacial score (nSPS) is 10.9. The molecule has 37 heavy (non-hydrogen) atoms. The van der Waals surface area contributed by atoms with Crippen LogP contribution in [-0.4, -0.2) is 12.1 Å². The molecule has 0 bridgehead atoms. The molecule has 0 fully saturated rings. The van der Waals surface area contributed by atoms with Crippen molar-refractivity contribution in [2.45, 2.75) is 6.61 Å². The predicted molar refractivity (Wildman–Crippen MR) is 152 cm³/mol. The van der Waals surface area contributed by atoms with Gasteiger partial charge >= 0.3 is 0 Å². The van der Waals surface area contributed by atoms with Crippen molar-refractivity contribution < 1.29 is 9.47 Å². The van der Waals surface area contributed by atoms with Gasteiger partial charge in [-0.15, -0.1) is 0 Å². The van der Waals surface area contributed by atoms with Crippen LogP contribution in [0.3, 0.4) is 0 Å². The number of fused-ring (bicyclic) bond motifs is 2. The molecule has 0 saturated carbocycles. The predicted octanol–water partition coefficient (Wildman–Crippen LogP) is 8.39. The number of anilines is 2. The zero-order valence-electron chi connectivity index (χ0n) is 20.5. The van der Waals surface area contributed by atoms with E-state index < -0.39 is 0 Å². The zero-order chi connectivity index (χ0) is 25.0. The quantitative estimate of drug-likeness (QED) is 0.248. The number of ether oxygens (including phenoxy) is 2. The molecule has 4 heteroatoms.